The summed E-state index contributed by atoms with van der Waals surface area (Å²) in [5, 5.41) is 0. The van der Waals surface area contributed by atoms with E-state index in [-0.39, 0.29) is 29.3 Å². The number of nitrogens with zero attached hydrogens (tertiary/aromatic N) is 2. The van der Waals surface area contributed by atoms with Crippen LogP contribution in [-0.4, -0.2) is 49.4 Å². The number of hydrogen-bond donors (Lipinski definition) is 1. The van der Waals surface area contributed by atoms with Gasteiger partial charge in [0.25, 0.3) is 0 Å². The lowest BCUT2D eigenvalue weighted by molar-refractivity contribution is 0.236. The van der Waals surface area contributed by atoms with Crippen molar-refractivity contribution in [1.82, 2.24) is 9.88 Å². The van der Waals surface area contributed by atoms with Crippen LogP contribution in [0.5, 0.6) is 0 Å². The van der Waals surface area contributed by atoms with Crippen LogP contribution in [0.4, 0.5) is 4.39 Å². The van der Waals surface area contributed by atoms with Crippen molar-refractivity contribution in [3.05, 3.63) is 29.8 Å². The van der Waals surface area contributed by atoms with Crippen LogP contribution in [-0.2, 0) is 9.84 Å². The molecule has 2 rings (SSSR count). The molecule has 0 amide bonds. The molecule has 2 atom stereocenters. The molecule has 118 valence electrons. The van der Waals surface area contributed by atoms with Crippen LogP contribution in [0.3, 0.4) is 0 Å². The Balaban J connectivity index is 1.94. The molecule has 0 bridgehead atoms. The molecule has 1 aromatic rings. The summed E-state index contributed by atoms with van der Waals surface area (Å²) in [4.78, 5) is 6.16. The zero-order valence-corrected chi connectivity index (χ0v) is 13.0. The summed E-state index contributed by atoms with van der Waals surface area (Å²) < 4.78 is 36.1. The third kappa shape index (κ3) is 4.72. The third-order valence-corrected chi connectivity index (χ3v) is 5.61. The maximum atomic E-state index is 12.9. The van der Waals surface area contributed by atoms with E-state index in [0.717, 1.165) is 13.1 Å². The van der Waals surface area contributed by atoms with Crippen molar-refractivity contribution >= 4 is 9.84 Å². The molecule has 7 heteroatoms. The van der Waals surface area contributed by atoms with E-state index in [1.54, 1.807) is 6.07 Å². The van der Waals surface area contributed by atoms with Crippen LogP contribution < -0.4 is 5.73 Å². The fourth-order valence-corrected chi connectivity index (χ4v) is 3.88. The summed E-state index contributed by atoms with van der Waals surface area (Å²) in [6.07, 6.45) is 1.83. The van der Waals surface area contributed by atoms with E-state index in [0.29, 0.717) is 18.7 Å². The minimum Gasteiger partial charge on any atom is -0.322 e. The highest BCUT2D eigenvalue weighted by Gasteiger charge is 2.23. The second-order valence-corrected chi connectivity index (χ2v) is 8.01. The summed E-state index contributed by atoms with van der Waals surface area (Å²) in [6.45, 7) is 4.05. The molecule has 1 aliphatic rings. The second kappa shape index (κ2) is 6.81. The molecule has 0 saturated carbocycles. The number of hydrogen-bond acceptors (Lipinski definition) is 5. The molecule has 2 N–H and O–H groups in total. The number of sulfone groups is 1. The smallest absolute Gasteiger partial charge is 0.151 e. The van der Waals surface area contributed by atoms with E-state index in [1.807, 2.05) is 6.92 Å². The molecule has 0 aromatic carbocycles. The van der Waals surface area contributed by atoms with Crippen molar-refractivity contribution < 1.29 is 12.8 Å². The van der Waals surface area contributed by atoms with Gasteiger partial charge in [0, 0.05) is 13.1 Å². The summed E-state index contributed by atoms with van der Waals surface area (Å²) in [6, 6.07) is 2.67. The Morgan fingerprint density at radius 1 is 1.38 bits per heavy atom. The molecule has 1 aliphatic heterocycles. The topological polar surface area (TPSA) is 76.3 Å². The molecule has 2 unspecified atom stereocenters. The number of halogens is 1. The van der Waals surface area contributed by atoms with E-state index in [9.17, 15) is 12.8 Å². The predicted molar refractivity (Wildman–Crippen MR) is 80.0 cm³/mol. The Labute approximate surface area is 125 Å². The zero-order valence-electron chi connectivity index (χ0n) is 12.2. The predicted octanol–water partition coefficient (Wildman–Crippen LogP) is 0.977. The molecule has 0 radical (unpaired) electrons. The maximum Gasteiger partial charge on any atom is 0.151 e. The molecular weight excluding hydrogens is 293 g/mol. The Morgan fingerprint density at radius 2 is 2.14 bits per heavy atom. The SMILES string of the molecule is CC(CN1CCCS(=O)(=O)CC1)C(N)c1ccc(F)cn1. The van der Waals surface area contributed by atoms with Crippen molar-refractivity contribution in [1.29, 1.82) is 0 Å². The summed E-state index contributed by atoms with van der Waals surface area (Å²) >= 11 is 0. The molecule has 0 spiro atoms. The van der Waals surface area contributed by atoms with Gasteiger partial charge in [0.1, 0.15) is 5.82 Å². The lowest BCUT2D eigenvalue weighted by Crippen LogP contribution is -2.35. The molecule has 1 aromatic heterocycles. The van der Waals surface area contributed by atoms with Gasteiger partial charge in [-0.05, 0) is 31.0 Å². The first-order valence-electron chi connectivity index (χ1n) is 7.17. The van der Waals surface area contributed by atoms with Gasteiger partial charge in [-0.2, -0.15) is 0 Å². The third-order valence-electron chi connectivity index (χ3n) is 3.90. The van der Waals surface area contributed by atoms with E-state index >= 15 is 0 Å². The first kappa shape index (κ1) is 16.3. The normalized spacial score (nSPS) is 22.4. The van der Waals surface area contributed by atoms with Crippen molar-refractivity contribution in [3.63, 3.8) is 0 Å². The fourth-order valence-electron chi connectivity index (χ4n) is 2.57. The lowest BCUT2D eigenvalue weighted by Gasteiger charge is -2.27. The molecule has 0 aliphatic carbocycles. The number of pyridine rings is 1. The van der Waals surface area contributed by atoms with Crippen LogP contribution in [0.15, 0.2) is 18.3 Å². The average molecular weight is 315 g/mol. The van der Waals surface area contributed by atoms with E-state index in [1.165, 1.54) is 12.3 Å². The van der Waals surface area contributed by atoms with Crippen LogP contribution in [0.25, 0.3) is 0 Å². The van der Waals surface area contributed by atoms with E-state index < -0.39 is 9.84 Å². The Morgan fingerprint density at radius 3 is 2.81 bits per heavy atom. The second-order valence-electron chi connectivity index (χ2n) is 5.71. The summed E-state index contributed by atoms with van der Waals surface area (Å²) in [5.41, 5.74) is 6.83. The van der Waals surface area contributed by atoms with Gasteiger partial charge in [-0.15, -0.1) is 0 Å². The molecule has 1 saturated heterocycles. The Kier molecular flexibility index (Phi) is 5.29. The summed E-state index contributed by atoms with van der Waals surface area (Å²) in [7, 11) is -2.89. The maximum absolute atomic E-state index is 12.9. The van der Waals surface area contributed by atoms with Crippen molar-refractivity contribution in [2.75, 3.05) is 31.1 Å². The van der Waals surface area contributed by atoms with Crippen LogP contribution in [0.1, 0.15) is 25.1 Å². The largest absolute Gasteiger partial charge is 0.322 e. The number of rotatable bonds is 4. The fraction of sp³-hybridized carbons (Fsp3) is 0.643. The lowest BCUT2D eigenvalue weighted by atomic mass is 9.98. The molecule has 21 heavy (non-hydrogen) atoms. The van der Waals surface area contributed by atoms with Gasteiger partial charge in [-0.1, -0.05) is 6.92 Å². The van der Waals surface area contributed by atoms with Crippen LogP contribution in [0.2, 0.25) is 0 Å². The van der Waals surface area contributed by atoms with Crippen LogP contribution in [0, 0.1) is 11.7 Å². The van der Waals surface area contributed by atoms with Crippen LogP contribution >= 0.6 is 0 Å². The van der Waals surface area contributed by atoms with E-state index in [4.69, 9.17) is 5.73 Å². The van der Waals surface area contributed by atoms with Gasteiger partial charge in [-0.3, -0.25) is 4.98 Å². The van der Waals surface area contributed by atoms with Gasteiger partial charge in [-0.25, -0.2) is 12.8 Å². The molecule has 5 nitrogen and oxygen atoms in total. The van der Waals surface area contributed by atoms with Crippen molar-refractivity contribution in [2.45, 2.75) is 19.4 Å². The monoisotopic (exact) mass is 315 g/mol. The average Bonchev–Trinajstić information content (AvgIpc) is 2.60. The highest BCUT2D eigenvalue weighted by Crippen LogP contribution is 2.19. The standard InChI is InChI=1S/C14H22FN3O2S/c1-11(14(16)13-4-3-12(15)9-17-13)10-18-5-2-7-21(19,20)8-6-18/h3-4,9,11,14H,2,5-8,10,16H2,1H3. The van der Waals surface area contributed by atoms with Gasteiger partial charge in [0.15, 0.2) is 9.84 Å². The zero-order chi connectivity index (χ0) is 15.5. The highest BCUT2D eigenvalue weighted by molar-refractivity contribution is 7.91. The minimum atomic E-state index is -2.89. The van der Waals surface area contributed by atoms with Gasteiger partial charge in [0.05, 0.1) is 29.4 Å². The van der Waals surface area contributed by atoms with Gasteiger partial charge >= 0.3 is 0 Å². The van der Waals surface area contributed by atoms with E-state index in [2.05, 4.69) is 9.88 Å². The summed E-state index contributed by atoms with van der Waals surface area (Å²) in [5.74, 6) is 0.216. The first-order valence-corrected chi connectivity index (χ1v) is 8.99. The Hall–Kier alpha value is -1.05. The first-order chi connectivity index (χ1) is 9.87. The quantitative estimate of drug-likeness (QED) is 0.896. The molecular formula is C14H22FN3O2S. The van der Waals surface area contributed by atoms with Gasteiger partial charge in [0.2, 0.25) is 0 Å². The van der Waals surface area contributed by atoms with Crippen molar-refractivity contribution in [2.24, 2.45) is 11.7 Å². The Bertz CT molecular complexity index is 562. The molecule has 2 heterocycles. The molecule has 1 fully saturated rings. The minimum absolute atomic E-state index is 0.115. The van der Waals surface area contributed by atoms with Crippen molar-refractivity contribution in [3.8, 4) is 0 Å². The van der Waals surface area contributed by atoms with Gasteiger partial charge < -0.3 is 10.6 Å². The highest BCUT2D eigenvalue weighted by atomic mass is 32.2. The number of aromatic nitrogens is 1. The number of nitrogens with two attached hydrogens (primary N) is 1.